The van der Waals surface area contributed by atoms with Gasteiger partial charge in [0.1, 0.15) is 0 Å². The number of unbranched alkanes of at least 4 members (excludes halogenated alkanes) is 3. The molecule has 1 aliphatic rings. The zero-order valence-electron chi connectivity index (χ0n) is 8.60. The van der Waals surface area contributed by atoms with E-state index in [2.05, 4.69) is 18.7 Å². The molecule has 13 heavy (non-hydrogen) atoms. The van der Waals surface area contributed by atoms with E-state index in [0.717, 1.165) is 5.75 Å². The monoisotopic (exact) mass is 198 g/mol. The van der Waals surface area contributed by atoms with Crippen molar-refractivity contribution in [2.24, 2.45) is 0 Å². The smallest absolute Gasteiger partial charge is 0.00979 e. The Labute approximate surface area is 88.2 Å². The Kier molecular flexibility index (Phi) is 6.43. The average molecular weight is 198 g/mol. The summed E-state index contributed by atoms with van der Waals surface area (Å²) in [6.07, 6.45) is 14.9. The molecule has 0 atom stereocenters. The highest BCUT2D eigenvalue weighted by Crippen LogP contribution is 2.22. The Morgan fingerprint density at radius 3 is 2.62 bits per heavy atom. The summed E-state index contributed by atoms with van der Waals surface area (Å²) in [5.41, 5.74) is 1.73. The van der Waals surface area contributed by atoms with Gasteiger partial charge in [-0.3, -0.25) is 0 Å². The predicted octanol–water partition coefficient (Wildman–Crippen LogP) is 4.37. The standard InChI is InChI=1S/C12H22S/c13-11-7-2-1-4-8-12-9-5-3-6-10-12/h9,13H,1-8,10-11H2. The lowest BCUT2D eigenvalue weighted by molar-refractivity contribution is 0.623. The van der Waals surface area contributed by atoms with Crippen LogP contribution in [0.5, 0.6) is 0 Å². The first-order chi connectivity index (χ1) is 6.43. The first-order valence-electron chi connectivity index (χ1n) is 5.72. The lowest BCUT2D eigenvalue weighted by atomic mass is 9.95. The van der Waals surface area contributed by atoms with E-state index in [9.17, 15) is 0 Å². The van der Waals surface area contributed by atoms with Gasteiger partial charge in [-0.05, 0) is 50.7 Å². The van der Waals surface area contributed by atoms with Gasteiger partial charge >= 0.3 is 0 Å². The summed E-state index contributed by atoms with van der Waals surface area (Å²) in [5, 5.41) is 0. The molecule has 0 aromatic carbocycles. The van der Waals surface area contributed by atoms with Crippen LogP contribution in [0.1, 0.15) is 57.8 Å². The van der Waals surface area contributed by atoms with Crippen molar-refractivity contribution in [1.29, 1.82) is 0 Å². The van der Waals surface area contributed by atoms with Gasteiger partial charge in [-0.2, -0.15) is 12.6 Å². The highest BCUT2D eigenvalue weighted by atomic mass is 32.1. The van der Waals surface area contributed by atoms with Crippen molar-refractivity contribution in [2.45, 2.75) is 57.8 Å². The van der Waals surface area contributed by atoms with Crippen molar-refractivity contribution in [3.63, 3.8) is 0 Å². The van der Waals surface area contributed by atoms with E-state index >= 15 is 0 Å². The van der Waals surface area contributed by atoms with E-state index in [1.54, 1.807) is 5.57 Å². The van der Waals surface area contributed by atoms with E-state index < -0.39 is 0 Å². The minimum Gasteiger partial charge on any atom is -0.179 e. The quantitative estimate of drug-likeness (QED) is 0.366. The lowest BCUT2D eigenvalue weighted by Crippen LogP contribution is -1.92. The number of allylic oxidation sites excluding steroid dienone is 2. The molecule has 0 N–H and O–H groups in total. The van der Waals surface area contributed by atoms with Gasteiger partial charge in [0.25, 0.3) is 0 Å². The maximum Gasteiger partial charge on any atom is -0.00979 e. The molecule has 1 heteroatoms. The van der Waals surface area contributed by atoms with Gasteiger partial charge in [0, 0.05) is 0 Å². The zero-order chi connectivity index (χ0) is 9.36. The topological polar surface area (TPSA) is 0 Å². The Morgan fingerprint density at radius 2 is 1.92 bits per heavy atom. The molecule has 0 radical (unpaired) electrons. The third-order valence-electron chi connectivity index (χ3n) is 2.79. The SMILES string of the molecule is SCCCCCCC1=CCCCC1. The van der Waals surface area contributed by atoms with Gasteiger partial charge in [0.15, 0.2) is 0 Å². The van der Waals surface area contributed by atoms with Crippen LogP contribution in [0.25, 0.3) is 0 Å². The van der Waals surface area contributed by atoms with E-state index in [-0.39, 0.29) is 0 Å². The van der Waals surface area contributed by atoms with Crippen molar-refractivity contribution in [2.75, 3.05) is 5.75 Å². The molecule has 0 fully saturated rings. The molecular formula is C12H22S. The third-order valence-corrected chi connectivity index (χ3v) is 3.11. The van der Waals surface area contributed by atoms with Crippen LogP contribution in [0, 0.1) is 0 Å². The summed E-state index contributed by atoms with van der Waals surface area (Å²) >= 11 is 4.21. The molecule has 0 saturated heterocycles. The van der Waals surface area contributed by atoms with Crippen molar-refractivity contribution in [3.8, 4) is 0 Å². The van der Waals surface area contributed by atoms with Crippen LogP contribution in [0.3, 0.4) is 0 Å². The van der Waals surface area contributed by atoms with Crippen LogP contribution >= 0.6 is 12.6 Å². The number of rotatable bonds is 6. The summed E-state index contributed by atoms with van der Waals surface area (Å²) in [5.74, 6) is 1.06. The zero-order valence-corrected chi connectivity index (χ0v) is 9.49. The lowest BCUT2D eigenvalue weighted by Gasteiger charge is -2.11. The molecule has 0 aliphatic heterocycles. The summed E-state index contributed by atoms with van der Waals surface area (Å²) in [7, 11) is 0. The molecule has 0 heterocycles. The second kappa shape index (κ2) is 7.49. The van der Waals surface area contributed by atoms with Crippen LogP contribution in [0.4, 0.5) is 0 Å². The summed E-state index contributed by atoms with van der Waals surface area (Å²) < 4.78 is 0. The van der Waals surface area contributed by atoms with E-state index in [0.29, 0.717) is 0 Å². The Bertz CT molecular complexity index is 149. The molecule has 1 rings (SSSR count). The molecule has 0 unspecified atom stereocenters. The molecule has 0 spiro atoms. The first-order valence-corrected chi connectivity index (χ1v) is 6.35. The second-order valence-electron chi connectivity index (χ2n) is 4.00. The maximum atomic E-state index is 4.21. The molecule has 0 saturated carbocycles. The maximum absolute atomic E-state index is 4.21. The fraction of sp³-hybridized carbons (Fsp3) is 0.833. The van der Waals surface area contributed by atoms with Crippen molar-refractivity contribution in [3.05, 3.63) is 11.6 Å². The Balaban J connectivity index is 1.95. The predicted molar refractivity (Wildman–Crippen MR) is 63.5 cm³/mol. The van der Waals surface area contributed by atoms with Gasteiger partial charge < -0.3 is 0 Å². The van der Waals surface area contributed by atoms with Crippen LogP contribution in [0.2, 0.25) is 0 Å². The Morgan fingerprint density at radius 1 is 1.08 bits per heavy atom. The molecule has 0 aromatic heterocycles. The van der Waals surface area contributed by atoms with Gasteiger partial charge in [-0.15, -0.1) is 0 Å². The van der Waals surface area contributed by atoms with Gasteiger partial charge in [-0.1, -0.05) is 24.5 Å². The molecule has 0 amide bonds. The summed E-state index contributed by atoms with van der Waals surface area (Å²) in [6, 6.07) is 0. The summed E-state index contributed by atoms with van der Waals surface area (Å²) in [6.45, 7) is 0. The van der Waals surface area contributed by atoms with Gasteiger partial charge in [-0.25, -0.2) is 0 Å². The van der Waals surface area contributed by atoms with E-state index in [1.807, 2.05) is 0 Å². The highest BCUT2D eigenvalue weighted by Gasteiger charge is 2.02. The van der Waals surface area contributed by atoms with Crippen molar-refractivity contribution >= 4 is 12.6 Å². The van der Waals surface area contributed by atoms with Gasteiger partial charge in [0.2, 0.25) is 0 Å². The van der Waals surface area contributed by atoms with Crippen LogP contribution in [-0.2, 0) is 0 Å². The minimum atomic E-state index is 1.06. The van der Waals surface area contributed by atoms with Crippen LogP contribution < -0.4 is 0 Å². The number of thiol groups is 1. The molecular weight excluding hydrogens is 176 g/mol. The van der Waals surface area contributed by atoms with E-state index in [1.165, 1.54) is 57.8 Å². The fourth-order valence-electron chi connectivity index (χ4n) is 1.95. The van der Waals surface area contributed by atoms with Gasteiger partial charge in [0.05, 0.1) is 0 Å². The molecule has 76 valence electrons. The largest absolute Gasteiger partial charge is 0.179 e. The Hall–Kier alpha value is 0.0900. The minimum absolute atomic E-state index is 1.06. The normalized spacial score (nSPS) is 17.2. The first kappa shape index (κ1) is 11.2. The van der Waals surface area contributed by atoms with Crippen molar-refractivity contribution < 1.29 is 0 Å². The van der Waals surface area contributed by atoms with Crippen LogP contribution in [-0.4, -0.2) is 5.75 Å². The number of hydrogen-bond acceptors (Lipinski definition) is 1. The molecule has 0 nitrogen and oxygen atoms in total. The molecule has 0 bridgehead atoms. The fourth-order valence-corrected chi connectivity index (χ4v) is 2.17. The molecule has 1 aliphatic carbocycles. The van der Waals surface area contributed by atoms with E-state index in [4.69, 9.17) is 0 Å². The van der Waals surface area contributed by atoms with Crippen molar-refractivity contribution in [1.82, 2.24) is 0 Å². The van der Waals surface area contributed by atoms with Crippen LogP contribution in [0.15, 0.2) is 11.6 Å². The highest BCUT2D eigenvalue weighted by molar-refractivity contribution is 7.80. The average Bonchev–Trinajstić information content (AvgIpc) is 2.19. The summed E-state index contributed by atoms with van der Waals surface area (Å²) in [4.78, 5) is 0. The third kappa shape index (κ3) is 5.41. The number of hydrogen-bond donors (Lipinski definition) is 1. The molecule has 0 aromatic rings. The second-order valence-corrected chi connectivity index (χ2v) is 4.44.